The average molecular weight is 672 g/mol. The first-order valence-corrected chi connectivity index (χ1v) is 29.2. The SMILES string of the molecule is C[C+]1CC(c2ccccc2)O[B-]2(O1)O[C+](C)CC(c1ccccc1)O2.[Cl][Sb-]([Cl])([Cl])([Cl])([Cl])[Cl]. The Kier molecular flexibility index (Phi) is 8.17. The molecule has 2 atom stereocenters. The Morgan fingerprint density at radius 2 is 1.00 bits per heavy atom. The average Bonchev–Trinajstić information content (AvgIpc) is 2.65. The second-order valence-corrected chi connectivity index (χ2v) is 64.6. The molecule has 2 aromatic rings. The quantitative estimate of drug-likeness (QED) is 0.237. The van der Waals surface area contributed by atoms with Crippen molar-refractivity contribution in [1.82, 2.24) is 0 Å². The van der Waals surface area contributed by atoms with Crippen molar-refractivity contribution in [2.45, 2.75) is 38.9 Å². The Labute approximate surface area is 208 Å². The van der Waals surface area contributed by atoms with Gasteiger partial charge in [0.25, 0.3) is 0 Å². The molecule has 32 heavy (non-hydrogen) atoms. The van der Waals surface area contributed by atoms with Crippen molar-refractivity contribution in [2.24, 2.45) is 0 Å². The Hall–Kier alpha value is 0.643. The molecule has 2 aliphatic heterocycles. The predicted molar refractivity (Wildman–Crippen MR) is 136 cm³/mol. The normalized spacial score (nSPS) is 28.4. The van der Waals surface area contributed by atoms with Gasteiger partial charge in [-0.1, -0.05) is 60.7 Å². The summed E-state index contributed by atoms with van der Waals surface area (Å²) < 4.78 is 24.5. The zero-order chi connectivity index (χ0) is 23.7. The zero-order valence-electron chi connectivity index (χ0n) is 17.3. The van der Waals surface area contributed by atoms with Gasteiger partial charge in [-0.15, -0.1) is 0 Å². The van der Waals surface area contributed by atoms with Crippen LogP contribution >= 0.6 is 53.0 Å². The number of benzene rings is 2. The zero-order valence-corrected chi connectivity index (χ0v) is 24.4. The second-order valence-electron chi connectivity index (χ2n) is 7.65. The molecular weight excluding hydrogens is 650 g/mol. The molecule has 0 aliphatic carbocycles. The summed E-state index contributed by atoms with van der Waals surface area (Å²) in [5.41, 5.74) is 2.19. The van der Waals surface area contributed by atoms with Gasteiger partial charge in [0, 0.05) is 0 Å². The van der Waals surface area contributed by atoms with Crippen LogP contribution in [0, 0.1) is 12.2 Å². The van der Waals surface area contributed by atoms with Crippen LogP contribution in [0.1, 0.15) is 50.0 Å². The molecule has 0 N–H and O–H groups in total. The molecule has 2 aromatic carbocycles. The summed E-state index contributed by atoms with van der Waals surface area (Å²) in [6, 6.07) is 20.3. The van der Waals surface area contributed by atoms with Crippen molar-refractivity contribution < 1.29 is 18.6 Å². The van der Waals surface area contributed by atoms with E-state index in [-0.39, 0.29) is 12.2 Å². The first-order valence-electron chi connectivity index (χ1n) is 9.76. The van der Waals surface area contributed by atoms with E-state index in [1.165, 1.54) is 0 Å². The van der Waals surface area contributed by atoms with Crippen molar-refractivity contribution in [2.75, 3.05) is 0 Å². The molecule has 2 aliphatic rings. The maximum absolute atomic E-state index is 6.25. The van der Waals surface area contributed by atoms with E-state index in [9.17, 15) is 0 Å². The van der Waals surface area contributed by atoms with Crippen molar-refractivity contribution in [3.8, 4) is 0 Å². The van der Waals surface area contributed by atoms with Crippen LogP contribution in [0.2, 0.25) is 0 Å². The van der Waals surface area contributed by atoms with Crippen LogP contribution in [0.25, 0.3) is 0 Å². The first-order chi connectivity index (χ1) is 14.6. The molecule has 2 unspecified atom stereocenters. The standard InChI is InChI=1S/C20H22BO4.6ClH.Sb/c1-15-13-19(17-9-5-3-6-10-17)24-21(22-15)23-16(2)14-20(25-21)18-11-7-4-8-12-18;;;;;;;/h3-12,19-20H,13-14H2,1-2H3;6*1H;/q+1;;;;;;;+5/p-6. The Morgan fingerprint density at radius 3 is 1.31 bits per heavy atom. The van der Waals surface area contributed by atoms with Gasteiger partial charge in [0.05, 0.1) is 12.2 Å². The Bertz CT molecular complexity index is 828. The van der Waals surface area contributed by atoms with Crippen LogP contribution in [0.3, 0.4) is 0 Å². The molecule has 12 heteroatoms. The molecule has 0 amide bonds. The van der Waals surface area contributed by atoms with Crippen molar-refractivity contribution in [3.05, 3.63) is 84.0 Å². The van der Waals surface area contributed by atoms with Gasteiger partial charge in [-0.25, -0.2) is 0 Å². The van der Waals surface area contributed by atoms with E-state index in [4.69, 9.17) is 71.6 Å². The predicted octanol–water partition coefficient (Wildman–Crippen LogP) is 8.64. The summed E-state index contributed by atoms with van der Waals surface area (Å²) in [6.45, 7) is 1.60. The fourth-order valence-corrected chi connectivity index (χ4v) is 3.51. The Morgan fingerprint density at radius 1 is 0.688 bits per heavy atom. The number of halogens is 6. The molecule has 2 saturated heterocycles. The molecule has 0 radical (unpaired) electrons. The van der Waals surface area contributed by atoms with Crippen LogP contribution in [-0.4, -0.2) is 16.1 Å². The van der Waals surface area contributed by atoms with Crippen LogP contribution in [0.5, 0.6) is 0 Å². The van der Waals surface area contributed by atoms with Gasteiger partial charge in [-0.3, -0.25) is 0 Å². The van der Waals surface area contributed by atoms with E-state index >= 15 is 0 Å². The van der Waals surface area contributed by atoms with Crippen molar-refractivity contribution in [1.29, 1.82) is 0 Å². The minimum atomic E-state index is -5.42. The number of rotatable bonds is 2. The fourth-order valence-electron chi connectivity index (χ4n) is 3.51. The molecular formula is C20H22BCl6O4Sb. The molecule has 4 nitrogen and oxygen atoms in total. The first kappa shape index (κ1) is 27.2. The van der Waals surface area contributed by atoms with Gasteiger partial charge in [0.1, 0.15) is 26.7 Å². The molecule has 0 aromatic heterocycles. The monoisotopic (exact) mass is 668 g/mol. The summed E-state index contributed by atoms with van der Waals surface area (Å²) in [4.78, 5) is 0. The van der Waals surface area contributed by atoms with Gasteiger partial charge >= 0.3 is 69.1 Å². The summed E-state index contributed by atoms with van der Waals surface area (Å²) in [5, 5.41) is 0. The van der Waals surface area contributed by atoms with Gasteiger partial charge in [-0.05, 0) is 11.1 Å². The van der Waals surface area contributed by atoms with Gasteiger partial charge in [0.2, 0.25) is 0 Å². The molecule has 2 heterocycles. The molecule has 0 bridgehead atoms. The van der Waals surface area contributed by atoms with Gasteiger partial charge in [0.15, 0.2) is 12.2 Å². The number of hydrogen-bond donors (Lipinski definition) is 0. The van der Waals surface area contributed by atoms with E-state index in [1.54, 1.807) is 0 Å². The van der Waals surface area contributed by atoms with Gasteiger partial charge < -0.3 is 18.6 Å². The molecule has 4 rings (SSSR count). The Balaban J connectivity index is 0.000000360. The molecule has 1 spiro atoms. The topological polar surface area (TPSA) is 36.9 Å². The van der Waals surface area contributed by atoms with Crippen LogP contribution in [-0.2, 0) is 18.6 Å². The minimum absolute atomic E-state index is 0.141. The number of hydrogen-bond acceptors (Lipinski definition) is 4. The fraction of sp³-hybridized carbons (Fsp3) is 0.300. The van der Waals surface area contributed by atoms with Gasteiger partial charge in [-0.2, -0.15) is 0 Å². The summed E-state index contributed by atoms with van der Waals surface area (Å²) >= 11 is 0. The van der Waals surface area contributed by atoms with E-state index in [1.807, 2.05) is 50.2 Å². The third kappa shape index (κ3) is 9.72. The van der Waals surface area contributed by atoms with E-state index < -0.39 is 16.1 Å². The van der Waals surface area contributed by atoms with Crippen LogP contribution in [0.15, 0.2) is 60.7 Å². The summed E-state index contributed by atoms with van der Waals surface area (Å²) in [7, 11) is 25.0. The van der Waals surface area contributed by atoms with Crippen molar-refractivity contribution in [3.63, 3.8) is 0 Å². The molecule has 176 valence electrons. The third-order valence-electron chi connectivity index (χ3n) is 4.64. The van der Waals surface area contributed by atoms with E-state index in [0.717, 1.165) is 23.3 Å². The molecule has 2 fully saturated rings. The van der Waals surface area contributed by atoms with E-state index in [0.29, 0.717) is 12.8 Å². The molecule has 0 saturated carbocycles. The van der Waals surface area contributed by atoms with Crippen LogP contribution < -0.4 is 0 Å². The summed E-state index contributed by atoms with van der Waals surface area (Å²) in [5.74, 6) is 0. The third-order valence-corrected chi connectivity index (χ3v) is 4.64. The van der Waals surface area contributed by atoms with Crippen LogP contribution in [0.4, 0.5) is 0 Å². The van der Waals surface area contributed by atoms with Crippen molar-refractivity contribution >= 4 is 69.1 Å². The summed E-state index contributed by atoms with van der Waals surface area (Å²) in [6.07, 6.45) is 2.82. The van der Waals surface area contributed by atoms with E-state index in [2.05, 4.69) is 24.3 Å². The second kappa shape index (κ2) is 9.60. The maximum atomic E-state index is 6.25.